The molecule has 2 fully saturated rings. The Hall–Kier alpha value is -3.07. The zero-order chi connectivity index (χ0) is 22.9. The van der Waals surface area contributed by atoms with Crippen LogP contribution in [-0.4, -0.2) is 43.3 Å². The van der Waals surface area contributed by atoms with E-state index in [2.05, 4.69) is 10.2 Å². The predicted molar refractivity (Wildman–Crippen MR) is 120 cm³/mol. The van der Waals surface area contributed by atoms with Crippen molar-refractivity contribution in [3.63, 3.8) is 0 Å². The molecule has 1 saturated heterocycles. The van der Waals surface area contributed by atoms with Crippen molar-refractivity contribution in [3.05, 3.63) is 65.7 Å². The number of likely N-dealkylation sites (tertiary alicyclic amines) is 1. The number of hydrogen-bond donors (Lipinski definition) is 0. The summed E-state index contributed by atoms with van der Waals surface area (Å²) in [6, 6.07) is 11.8. The zero-order valence-corrected chi connectivity index (χ0v) is 18.6. The average Bonchev–Trinajstić information content (AvgIpc) is 3.60. The molecule has 1 aliphatic heterocycles. The van der Waals surface area contributed by atoms with Gasteiger partial charge in [0.1, 0.15) is 11.6 Å². The first-order chi connectivity index (χ1) is 16.0. The van der Waals surface area contributed by atoms with Crippen molar-refractivity contribution in [1.29, 1.82) is 0 Å². The maximum Gasteiger partial charge on any atom is 0.260 e. The molecule has 1 aromatic heterocycles. The molecule has 0 spiro atoms. The minimum atomic E-state index is -0.507. The number of thioether (sulfide) groups is 1. The van der Waals surface area contributed by atoms with Crippen molar-refractivity contribution in [1.82, 2.24) is 19.7 Å². The number of rotatable bonds is 5. The van der Waals surface area contributed by atoms with Crippen molar-refractivity contribution in [3.8, 4) is 11.4 Å². The highest BCUT2D eigenvalue weighted by molar-refractivity contribution is 8.00. The number of hydrogen-bond acceptors (Lipinski definition) is 5. The summed E-state index contributed by atoms with van der Waals surface area (Å²) in [7, 11) is 0. The third-order valence-electron chi connectivity index (χ3n) is 5.91. The highest BCUT2D eigenvalue weighted by Crippen LogP contribution is 2.43. The normalized spacial score (nSPS) is 18.9. The van der Waals surface area contributed by atoms with Crippen molar-refractivity contribution in [2.75, 3.05) is 6.54 Å². The Morgan fingerprint density at radius 3 is 2.45 bits per heavy atom. The third-order valence-corrected chi connectivity index (χ3v) is 7.13. The maximum atomic E-state index is 14.4. The molecule has 170 valence electrons. The summed E-state index contributed by atoms with van der Waals surface area (Å²) >= 11 is 1.28. The number of halogens is 2. The average molecular weight is 469 g/mol. The number of aromatic nitrogens is 3. The van der Waals surface area contributed by atoms with Crippen molar-refractivity contribution >= 4 is 23.6 Å². The van der Waals surface area contributed by atoms with Gasteiger partial charge in [-0.05, 0) is 62.1 Å². The van der Waals surface area contributed by atoms with Crippen LogP contribution in [0.2, 0.25) is 0 Å². The highest BCUT2D eigenvalue weighted by atomic mass is 32.2. The van der Waals surface area contributed by atoms with E-state index in [0.29, 0.717) is 35.9 Å². The van der Waals surface area contributed by atoms with Crippen LogP contribution in [0.1, 0.15) is 48.5 Å². The fraction of sp³-hybridized carbons (Fsp3) is 0.333. The van der Waals surface area contributed by atoms with Gasteiger partial charge in [0.25, 0.3) is 5.91 Å². The lowest BCUT2D eigenvalue weighted by Crippen LogP contribution is -2.41. The molecule has 2 aromatic carbocycles. The van der Waals surface area contributed by atoms with Gasteiger partial charge in [-0.25, -0.2) is 8.78 Å². The van der Waals surface area contributed by atoms with E-state index in [4.69, 9.17) is 0 Å². The van der Waals surface area contributed by atoms with Crippen LogP contribution in [0.15, 0.2) is 53.7 Å². The lowest BCUT2D eigenvalue weighted by atomic mass is 10.2. The fourth-order valence-electron chi connectivity index (χ4n) is 4.04. The minimum absolute atomic E-state index is 0.176. The smallest absolute Gasteiger partial charge is 0.260 e. The third kappa shape index (κ3) is 4.42. The second-order valence-corrected chi connectivity index (χ2v) is 9.46. The Bertz CT molecular complexity index is 1190. The Morgan fingerprint density at radius 1 is 0.970 bits per heavy atom. The summed E-state index contributed by atoms with van der Waals surface area (Å²) in [6.07, 6.45) is 3.98. The summed E-state index contributed by atoms with van der Waals surface area (Å²) in [4.78, 5) is 27.6. The summed E-state index contributed by atoms with van der Waals surface area (Å²) in [5.74, 6) is -1.07. The minimum Gasteiger partial charge on any atom is -0.299 e. The number of carbonyl (C=O) groups excluding carboxylic acids is 2. The lowest BCUT2D eigenvalue weighted by molar-refractivity contribution is -0.127. The largest absolute Gasteiger partial charge is 0.299 e. The lowest BCUT2D eigenvalue weighted by Gasteiger charge is -2.22. The molecule has 6 nitrogen and oxygen atoms in total. The Morgan fingerprint density at radius 2 is 1.73 bits per heavy atom. The zero-order valence-electron chi connectivity index (χ0n) is 17.8. The van der Waals surface area contributed by atoms with E-state index in [1.54, 1.807) is 18.2 Å². The first kappa shape index (κ1) is 21.8. The Labute approximate surface area is 194 Å². The van der Waals surface area contributed by atoms with Crippen LogP contribution in [0, 0.1) is 11.6 Å². The molecular weight excluding hydrogens is 446 g/mol. The number of amides is 2. The monoisotopic (exact) mass is 468 g/mol. The summed E-state index contributed by atoms with van der Waals surface area (Å²) < 4.78 is 29.6. The van der Waals surface area contributed by atoms with E-state index in [9.17, 15) is 18.4 Å². The molecule has 0 bridgehead atoms. The van der Waals surface area contributed by atoms with Gasteiger partial charge >= 0.3 is 0 Å². The first-order valence-corrected chi connectivity index (χ1v) is 11.9. The van der Waals surface area contributed by atoms with Crippen LogP contribution in [-0.2, 0) is 4.79 Å². The van der Waals surface area contributed by atoms with Crippen LogP contribution < -0.4 is 0 Å². The van der Waals surface area contributed by atoms with Crippen molar-refractivity contribution in [2.24, 2.45) is 0 Å². The molecule has 33 heavy (non-hydrogen) atoms. The molecule has 1 aliphatic carbocycles. The second-order valence-electron chi connectivity index (χ2n) is 8.29. The Balaban J connectivity index is 1.42. The number of imide groups is 1. The van der Waals surface area contributed by atoms with Gasteiger partial charge in [0.2, 0.25) is 5.91 Å². The van der Waals surface area contributed by atoms with Gasteiger partial charge in [-0.3, -0.25) is 19.1 Å². The van der Waals surface area contributed by atoms with E-state index in [-0.39, 0.29) is 23.3 Å². The molecule has 5 rings (SSSR count). The maximum absolute atomic E-state index is 14.4. The highest BCUT2D eigenvalue weighted by Gasteiger charge is 2.36. The van der Waals surface area contributed by atoms with Gasteiger partial charge in [-0.1, -0.05) is 30.3 Å². The van der Waals surface area contributed by atoms with Gasteiger partial charge in [0, 0.05) is 18.2 Å². The summed E-state index contributed by atoms with van der Waals surface area (Å²) in [6.45, 7) is 0.321. The topological polar surface area (TPSA) is 68.1 Å². The van der Waals surface area contributed by atoms with Crippen molar-refractivity contribution < 1.29 is 18.4 Å². The SMILES string of the molecule is O=C(c1ccc(F)cc1)N1CCCC[C@@H](Sc2nnc(-c3ccccc3F)n2C2CC2)C1=O. The first-order valence-electron chi connectivity index (χ1n) is 11.0. The van der Waals surface area contributed by atoms with E-state index >= 15 is 0 Å². The molecular formula is C24H22F2N4O2S. The van der Waals surface area contributed by atoms with Gasteiger partial charge in [0.15, 0.2) is 11.0 Å². The molecule has 2 heterocycles. The van der Waals surface area contributed by atoms with E-state index in [0.717, 1.165) is 19.3 Å². The quantitative estimate of drug-likeness (QED) is 0.500. The molecule has 1 atom stereocenters. The number of benzene rings is 2. The van der Waals surface area contributed by atoms with Crippen LogP contribution in [0.25, 0.3) is 11.4 Å². The predicted octanol–water partition coefficient (Wildman–Crippen LogP) is 4.87. The molecule has 1 saturated carbocycles. The van der Waals surface area contributed by atoms with Crippen LogP contribution in [0.5, 0.6) is 0 Å². The van der Waals surface area contributed by atoms with E-state index in [1.165, 1.54) is 47.0 Å². The van der Waals surface area contributed by atoms with Gasteiger partial charge in [0.05, 0.1) is 10.8 Å². The Kier molecular flexibility index (Phi) is 5.97. The molecule has 2 aliphatic rings. The molecule has 0 radical (unpaired) electrons. The fourth-order valence-corrected chi connectivity index (χ4v) is 5.24. The standard InChI is InChI=1S/C24H22F2N4O2S/c25-16-10-8-15(9-11-16)22(31)29-14-4-3-7-20(23(29)32)33-24-28-27-21(30(24)17-12-13-17)18-5-1-2-6-19(18)26/h1-2,5-6,8-11,17,20H,3-4,7,12-14H2/t20-/m1/s1. The van der Waals surface area contributed by atoms with Gasteiger partial charge in [-0.15, -0.1) is 10.2 Å². The molecule has 3 aromatic rings. The summed E-state index contributed by atoms with van der Waals surface area (Å²) in [5, 5.41) is 8.61. The molecule has 2 amide bonds. The van der Waals surface area contributed by atoms with Crippen LogP contribution in [0.3, 0.4) is 0 Å². The van der Waals surface area contributed by atoms with Crippen LogP contribution >= 0.6 is 11.8 Å². The second kappa shape index (κ2) is 9.05. The summed E-state index contributed by atoms with van der Waals surface area (Å²) in [5.41, 5.74) is 0.655. The van der Waals surface area contributed by atoms with Crippen LogP contribution in [0.4, 0.5) is 8.78 Å². The van der Waals surface area contributed by atoms with E-state index in [1.807, 2.05) is 4.57 Å². The molecule has 9 heteroatoms. The van der Waals surface area contributed by atoms with Gasteiger partial charge in [-0.2, -0.15) is 0 Å². The molecule has 0 N–H and O–H groups in total. The van der Waals surface area contributed by atoms with Crippen molar-refractivity contribution in [2.45, 2.75) is 48.6 Å². The molecule has 0 unspecified atom stereocenters. The number of carbonyl (C=O) groups is 2. The van der Waals surface area contributed by atoms with Gasteiger partial charge < -0.3 is 0 Å². The van der Waals surface area contributed by atoms with E-state index < -0.39 is 17.0 Å². The number of nitrogens with zero attached hydrogens (tertiary/aromatic N) is 4.